The van der Waals surface area contributed by atoms with Crippen molar-refractivity contribution in [3.63, 3.8) is 0 Å². The van der Waals surface area contributed by atoms with E-state index in [4.69, 9.17) is 10.00 Å². The van der Waals surface area contributed by atoms with Crippen molar-refractivity contribution in [1.82, 2.24) is 4.90 Å². The quantitative estimate of drug-likeness (QED) is 0.906. The Labute approximate surface area is 125 Å². The Morgan fingerprint density at radius 1 is 1.48 bits per heavy atom. The van der Waals surface area contributed by atoms with E-state index < -0.39 is 5.60 Å². The average Bonchev–Trinajstić information content (AvgIpc) is 2.85. The number of hydrogen-bond donors (Lipinski definition) is 1. The van der Waals surface area contributed by atoms with Crippen LogP contribution in [0.3, 0.4) is 0 Å². The normalized spacial score (nSPS) is 18.2. The zero-order chi connectivity index (χ0) is 15.5. The third kappa shape index (κ3) is 4.12. The van der Waals surface area contributed by atoms with Gasteiger partial charge in [-0.05, 0) is 51.8 Å². The van der Waals surface area contributed by atoms with Gasteiger partial charge < -0.3 is 10.1 Å². The number of carbonyl (C=O) groups excluding carboxylic acids is 1. The fraction of sp³-hybridized carbons (Fsp3) is 0.500. The number of nitrogens with one attached hydrogen (secondary N) is 1. The van der Waals surface area contributed by atoms with E-state index >= 15 is 0 Å². The van der Waals surface area contributed by atoms with Crippen molar-refractivity contribution in [2.24, 2.45) is 0 Å². The first-order valence-electron chi connectivity index (χ1n) is 7.15. The van der Waals surface area contributed by atoms with Crippen LogP contribution in [-0.4, -0.2) is 29.3 Å². The van der Waals surface area contributed by atoms with Crippen LogP contribution in [-0.2, 0) is 4.74 Å². The van der Waals surface area contributed by atoms with Gasteiger partial charge in [-0.2, -0.15) is 5.26 Å². The van der Waals surface area contributed by atoms with E-state index in [1.807, 2.05) is 32.9 Å². The number of nitriles is 1. The lowest BCUT2D eigenvalue weighted by Crippen LogP contribution is -2.43. The van der Waals surface area contributed by atoms with E-state index in [1.165, 1.54) is 0 Å². The number of carbonyl (C=O) groups is 1. The molecule has 1 aliphatic heterocycles. The Bertz CT molecular complexity index is 557. The monoisotopic (exact) mass is 287 g/mol. The molecule has 1 saturated heterocycles. The molecular weight excluding hydrogens is 266 g/mol. The van der Waals surface area contributed by atoms with Crippen molar-refractivity contribution in [2.45, 2.75) is 45.4 Å². The average molecular weight is 287 g/mol. The van der Waals surface area contributed by atoms with Crippen LogP contribution in [0.5, 0.6) is 0 Å². The smallest absolute Gasteiger partial charge is 0.411 e. The second-order valence-electron chi connectivity index (χ2n) is 6.17. The number of amides is 1. The predicted molar refractivity (Wildman–Crippen MR) is 80.7 cm³/mol. The molecular formula is C16H21N3O2. The fourth-order valence-electron chi connectivity index (χ4n) is 2.33. The van der Waals surface area contributed by atoms with Crippen LogP contribution in [0.1, 0.15) is 39.2 Å². The van der Waals surface area contributed by atoms with Crippen molar-refractivity contribution in [1.29, 1.82) is 5.26 Å². The standard InChI is InChI=1S/C16H21N3O2/c1-16(2,3)21-15(20)19-9-5-8-14(19)18-13-7-4-6-12(10-13)11-17/h4,6-7,10,14,18H,5,8-9H2,1-3H3/t14-/m0/s1. The van der Waals surface area contributed by atoms with E-state index in [2.05, 4.69) is 11.4 Å². The van der Waals surface area contributed by atoms with Gasteiger partial charge in [-0.3, -0.25) is 4.90 Å². The summed E-state index contributed by atoms with van der Waals surface area (Å²) in [6.07, 6.45) is 1.42. The highest BCUT2D eigenvalue weighted by molar-refractivity contribution is 5.69. The zero-order valence-electron chi connectivity index (χ0n) is 12.7. The topological polar surface area (TPSA) is 65.4 Å². The summed E-state index contributed by atoms with van der Waals surface area (Å²) in [6, 6.07) is 9.37. The van der Waals surface area contributed by atoms with Crippen LogP contribution < -0.4 is 5.32 Å². The molecule has 1 fully saturated rings. The number of benzene rings is 1. The van der Waals surface area contributed by atoms with Crippen molar-refractivity contribution in [2.75, 3.05) is 11.9 Å². The number of likely N-dealkylation sites (tertiary alicyclic amines) is 1. The lowest BCUT2D eigenvalue weighted by atomic mass is 10.2. The molecule has 2 rings (SSSR count). The Kier molecular flexibility index (Phi) is 4.37. The van der Waals surface area contributed by atoms with E-state index in [-0.39, 0.29) is 12.3 Å². The third-order valence-electron chi connectivity index (χ3n) is 3.21. The zero-order valence-corrected chi connectivity index (χ0v) is 12.7. The molecule has 0 spiro atoms. The van der Waals surface area contributed by atoms with Crippen molar-refractivity contribution in [3.8, 4) is 6.07 Å². The molecule has 0 unspecified atom stereocenters. The molecule has 1 N–H and O–H groups in total. The second kappa shape index (κ2) is 6.04. The summed E-state index contributed by atoms with van der Waals surface area (Å²) in [5.74, 6) is 0. The lowest BCUT2D eigenvalue weighted by Gasteiger charge is -2.29. The molecule has 5 heteroatoms. The van der Waals surface area contributed by atoms with E-state index in [9.17, 15) is 4.79 Å². The minimum Gasteiger partial charge on any atom is -0.444 e. The highest BCUT2D eigenvalue weighted by Crippen LogP contribution is 2.23. The Morgan fingerprint density at radius 3 is 2.90 bits per heavy atom. The highest BCUT2D eigenvalue weighted by atomic mass is 16.6. The van der Waals surface area contributed by atoms with Crippen LogP contribution in [0.4, 0.5) is 10.5 Å². The number of ether oxygens (including phenoxy) is 1. The van der Waals surface area contributed by atoms with E-state index in [1.54, 1.807) is 17.0 Å². The molecule has 1 amide bonds. The highest BCUT2D eigenvalue weighted by Gasteiger charge is 2.32. The maximum atomic E-state index is 12.2. The van der Waals surface area contributed by atoms with Gasteiger partial charge in [0.25, 0.3) is 0 Å². The van der Waals surface area contributed by atoms with Gasteiger partial charge in [0.05, 0.1) is 11.6 Å². The fourth-order valence-corrected chi connectivity index (χ4v) is 2.33. The van der Waals surface area contributed by atoms with Gasteiger partial charge in [-0.25, -0.2) is 4.79 Å². The van der Waals surface area contributed by atoms with E-state index in [0.29, 0.717) is 12.1 Å². The first kappa shape index (κ1) is 15.2. The minimum atomic E-state index is -0.495. The molecule has 112 valence electrons. The van der Waals surface area contributed by atoms with Crippen LogP contribution in [0, 0.1) is 11.3 Å². The molecule has 0 aromatic heterocycles. The second-order valence-corrected chi connectivity index (χ2v) is 6.17. The summed E-state index contributed by atoms with van der Waals surface area (Å²) in [6.45, 7) is 6.27. The van der Waals surface area contributed by atoms with Crippen molar-refractivity contribution in [3.05, 3.63) is 29.8 Å². The van der Waals surface area contributed by atoms with Gasteiger partial charge in [0, 0.05) is 12.2 Å². The van der Waals surface area contributed by atoms with Gasteiger partial charge in [0.15, 0.2) is 0 Å². The van der Waals surface area contributed by atoms with Crippen molar-refractivity contribution < 1.29 is 9.53 Å². The van der Waals surface area contributed by atoms with Gasteiger partial charge in [0.2, 0.25) is 0 Å². The third-order valence-corrected chi connectivity index (χ3v) is 3.21. The first-order chi connectivity index (χ1) is 9.89. The molecule has 1 aromatic carbocycles. The molecule has 0 saturated carbocycles. The van der Waals surface area contributed by atoms with Gasteiger partial charge in [0.1, 0.15) is 11.8 Å². The minimum absolute atomic E-state index is 0.0891. The van der Waals surface area contributed by atoms with Crippen molar-refractivity contribution >= 4 is 11.8 Å². The maximum absolute atomic E-state index is 12.2. The number of rotatable bonds is 2. The van der Waals surface area contributed by atoms with Gasteiger partial charge in [-0.1, -0.05) is 6.07 Å². The van der Waals surface area contributed by atoms with E-state index in [0.717, 1.165) is 18.5 Å². The largest absolute Gasteiger partial charge is 0.444 e. The molecule has 1 heterocycles. The first-order valence-corrected chi connectivity index (χ1v) is 7.15. The van der Waals surface area contributed by atoms with Crippen LogP contribution in [0.2, 0.25) is 0 Å². The summed E-state index contributed by atoms with van der Waals surface area (Å²) in [7, 11) is 0. The molecule has 1 aromatic rings. The Balaban J connectivity index is 2.05. The van der Waals surface area contributed by atoms with Crippen LogP contribution in [0.25, 0.3) is 0 Å². The molecule has 1 atom stereocenters. The van der Waals surface area contributed by atoms with Crippen LogP contribution in [0.15, 0.2) is 24.3 Å². The SMILES string of the molecule is CC(C)(C)OC(=O)N1CCC[C@H]1Nc1cccc(C#N)c1. The number of anilines is 1. The predicted octanol–water partition coefficient (Wildman–Crippen LogP) is 3.33. The molecule has 0 aliphatic carbocycles. The molecule has 0 bridgehead atoms. The molecule has 0 radical (unpaired) electrons. The molecule has 21 heavy (non-hydrogen) atoms. The summed E-state index contributed by atoms with van der Waals surface area (Å²) in [5.41, 5.74) is 0.946. The number of hydrogen-bond acceptors (Lipinski definition) is 4. The maximum Gasteiger partial charge on any atom is 0.411 e. The van der Waals surface area contributed by atoms with Gasteiger partial charge in [-0.15, -0.1) is 0 Å². The summed E-state index contributed by atoms with van der Waals surface area (Å²) in [4.78, 5) is 13.9. The van der Waals surface area contributed by atoms with Crippen LogP contribution >= 0.6 is 0 Å². The Morgan fingerprint density at radius 2 is 2.24 bits per heavy atom. The molecule has 5 nitrogen and oxygen atoms in total. The Hall–Kier alpha value is -2.22. The summed E-state index contributed by atoms with van der Waals surface area (Å²) < 4.78 is 5.43. The lowest BCUT2D eigenvalue weighted by molar-refractivity contribution is 0.0244. The number of nitrogens with zero attached hydrogens (tertiary/aromatic N) is 2. The van der Waals surface area contributed by atoms with Gasteiger partial charge >= 0.3 is 6.09 Å². The molecule has 1 aliphatic rings. The summed E-state index contributed by atoms with van der Waals surface area (Å²) >= 11 is 0. The summed E-state index contributed by atoms with van der Waals surface area (Å²) in [5, 5.41) is 12.2.